The van der Waals surface area contributed by atoms with E-state index >= 15 is 0 Å². The summed E-state index contributed by atoms with van der Waals surface area (Å²) in [4.78, 5) is 40.3. The first-order valence-electron chi connectivity index (χ1n) is 12.8. The van der Waals surface area contributed by atoms with E-state index in [9.17, 15) is 14.4 Å². The van der Waals surface area contributed by atoms with Gasteiger partial charge in [-0.05, 0) is 43.9 Å². The van der Waals surface area contributed by atoms with E-state index < -0.39 is 29.7 Å². The van der Waals surface area contributed by atoms with Gasteiger partial charge >= 0.3 is 6.09 Å². The van der Waals surface area contributed by atoms with Crippen molar-refractivity contribution in [3.05, 3.63) is 83.3 Å². The molecule has 3 aromatic rings. The average molecular weight is 504 g/mol. The Bertz CT molecular complexity index is 1250. The molecule has 0 spiro atoms. The van der Waals surface area contributed by atoms with E-state index in [1.54, 1.807) is 6.07 Å². The van der Waals surface area contributed by atoms with Gasteiger partial charge in [0.05, 0.1) is 0 Å². The molecule has 0 saturated carbocycles. The van der Waals surface area contributed by atoms with E-state index in [0.29, 0.717) is 12.2 Å². The van der Waals surface area contributed by atoms with E-state index in [0.717, 1.165) is 52.8 Å². The number of nitrogens with zero attached hydrogens (tertiary/aromatic N) is 1. The molecule has 1 aromatic heterocycles. The molecule has 1 aliphatic heterocycles. The second kappa shape index (κ2) is 12.0. The first-order valence-corrected chi connectivity index (χ1v) is 12.8. The molecule has 194 valence electrons. The number of ketones is 1. The van der Waals surface area contributed by atoms with Gasteiger partial charge in [-0.15, -0.1) is 0 Å². The van der Waals surface area contributed by atoms with Gasteiger partial charge in [0.1, 0.15) is 24.3 Å². The Morgan fingerprint density at radius 3 is 2.51 bits per heavy atom. The van der Waals surface area contributed by atoms with E-state index in [2.05, 4.69) is 0 Å². The molecule has 0 unspecified atom stereocenters. The van der Waals surface area contributed by atoms with Crippen LogP contribution < -0.4 is 0 Å². The maximum atomic E-state index is 13.5. The van der Waals surface area contributed by atoms with Crippen molar-refractivity contribution in [2.24, 2.45) is 5.92 Å². The van der Waals surface area contributed by atoms with Crippen LogP contribution in [0.5, 0.6) is 0 Å². The minimum atomic E-state index is -1.12. The van der Waals surface area contributed by atoms with Crippen molar-refractivity contribution < 1.29 is 28.6 Å². The fraction of sp³-hybridized carbons (Fsp3) is 0.367. The van der Waals surface area contributed by atoms with Gasteiger partial charge in [0.2, 0.25) is 11.7 Å². The normalized spacial score (nSPS) is 16.0. The Morgan fingerprint density at radius 2 is 1.78 bits per heavy atom. The quantitative estimate of drug-likeness (QED) is 0.199. The number of aryl methyl sites for hydroxylation is 2. The van der Waals surface area contributed by atoms with Gasteiger partial charge in [-0.1, -0.05) is 73.0 Å². The number of furan rings is 1. The third-order valence-electron chi connectivity index (χ3n) is 6.75. The molecule has 2 amide bonds. The zero-order valence-electron chi connectivity index (χ0n) is 21.3. The molecular formula is C30H33NO6. The molecule has 37 heavy (non-hydrogen) atoms. The number of hydrogen-bond donors (Lipinski definition) is 1. The van der Waals surface area contributed by atoms with Gasteiger partial charge in [0.25, 0.3) is 0 Å². The molecule has 0 radical (unpaired) electrons. The number of imide groups is 1. The Labute approximate surface area is 217 Å². The number of cyclic esters (lactones) is 1. The van der Waals surface area contributed by atoms with Crippen LogP contribution in [0.4, 0.5) is 4.79 Å². The zero-order valence-corrected chi connectivity index (χ0v) is 21.3. The molecule has 0 bridgehead atoms. The first kappa shape index (κ1) is 26.4. The highest BCUT2D eigenvalue weighted by Crippen LogP contribution is 2.33. The number of amides is 2. The molecule has 1 aliphatic rings. The van der Waals surface area contributed by atoms with Crippen LogP contribution in [0.1, 0.15) is 66.1 Å². The van der Waals surface area contributed by atoms with Crippen LogP contribution in [-0.4, -0.2) is 41.0 Å². The van der Waals surface area contributed by atoms with Crippen LogP contribution in [0.2, 0.25) is 0 Å². The number of aliphatic hydroxyl groups is 1. The highest BCUT2D eigenvalue weighted by Gasteiger charge is 2.42. The van der Waals surface area contributed by atoms with Crippen molar-refractivity contribution in [2.75, 3.05) is 13.2 Å². The summed E-state index contributed by atoms with van der Waals surface area (Å²) in [7, 11) is 0. The molecular weight excluding hydrogens is 470 g/mol. The number of benzene rings is 2. The van der Waals surface area contributed by atoms with E-state index in [4.69, 9.17) is 14.3 Å². The highest BCUT2D eigenvalue weighted by molar-refractivity contribution is 6.12. The number of carbonyl (C=O) groups is 3. The number of carbonyl (C=O) groups excluding carboxylic acids is 3. The summed E-state index contributed by atoms with van der Waals surface area (Å²) in [6, 6.07) is 18.3. The largest absolute Gasteiger partial charge is 0.457 e. The smallest absolute Gasteiger partial charge is 0.417 e. The van der Waals surface area contributed by atoms with Gasteiger partial charge < -0.3 is 14.3 Å². The third kappa shape index (κ3) is 6.00. The Hall–Kier alpha value is -3.71. The van der Waals surface area contributed by atoms with Crippen LogP contribution >= 0.6 is 0 Å². The molecule has 2 heterocycles. The van der Waals surface area contributed by atoms with Gasteiger partial charge in [0, 0.05) is 18.6 Å². The number of rotatable bonds is 11. The molecule has 2 atom stereocenters. The van der Waals surface area contributed by atoms with Gasteiger partial charge in [-0.3, -0.25) is 9.59 Å². The molecule has 2 aromatic carbocycles. The van der Waals surface area contributed by atoms with Crippen LogP contribution in [0.25, 0.3) is 11.1 Å². The number of Topliss-reactive ketones (excluding diaryl/α,β-unsaturated/α-hetero) is 1. The van der Waals surface area contributed by atoms with E-state index in [1.165, 1.54) is 6.92 Å². The molecule has 1 saturated heterocycles. The monoisotopic (exact) mass is 503 g/mol. The fourth-order valence-corrected chi connectivity index (χ4v) is 4.66. The third-order valence-corrected chi connectivity index (χ3v) is 6.75. The Morgan fingerprint density at radius 1 is 1.03 bits per heavy atom. The molecule has 7 nitrogen and oxygen atoms in total. The second-order valence-corrected chi connectivity index (χ2v) is 9.50. The average Bonchev–Trinajstić information content (AvgIpc) is 3.51. The summed E-state index contributed by atoms with van der Waals surface area (Å²) in [6.07, 6.45) is 3.36. The lowest BCUT2D eigenvalue weighted by Gasteiger charge is -2.22. The van der Waals surface area contributed by atoms with Crippen molar-refractivity contribution in [3.8, 4) is 11.1 Å². The lowest BCUT2D eigenvalue weighted by Crippen LogP contribution is -2.40. The van der Waals surface area contributed by atoms with Gasteiger partial charge in [-0.25, -0.2) is 9.69 Å². The first-order chi connectivity index (χ1) is 17.9. The summed E-state index contributed by atoms with van der Waals surface area (Å²) in [5.74, 6) is -1.41. The topological polar surface area (TPSA) is 97.1 Å². The van der Waals surface area contributed by atoms with Crippen molar-refractivity contribution in [2.45, 2.75) is 52.0 Å². The summed E-state index contributed by atoms with van der Waals surface area (Å²) in [5.41, 5.74) is 3.63. The second-order valence-electron chi connectivity index (χ2n) is 9.50. The highest BCUT2D eigenvalue weighted by atomic mass is 16.6. The van der Waals surface area contributed by atoms with Crippen LogP contribution in [-0.2, 0) is 16.0 Å². The lowest BCUT2D eigenvalue weighted by atomic mass is 9.98. The number of unbranched alkanes of at least 4 members (excludes halogenated alkanes) is 3. The molecule has 7 heteroatoms. The zero-order chi connectivity index (χ0) is 26.4. The lowest BCUT2D eigenvalue weighted by molar-refractivity contribution is -0.131. The van der Waals surface area contributed by atoms with Gasteiger partial charge in [-0.2, -0.15) is 0 Å². The van der Waals surface area contributed by atoms with E-state index in [-0.39, 0.29) is 19.0 Å². The molecule has 1 N–H and O–H groups in total. The minimum Gasteiger partial charge on any atom is -0.457 e. The summed E-state index contributed by atoms with van der Waals surface area (Å²) in [5, 5.41) is 9.02. The van der Waals surface area contributed by atoms with Gasteiger partial charge in [0.15, 0.2) is 5.76 Å². The van der Waals surface area contributed by atoms with Crippen LogP contribution in [0.3, 0.4) is 0 Å². The standard InChI is InChI=1S/C30H33NO6/c1-20-11-10-14-23(17-20)24-18-27(37-26(24)15-8-3-4-9-16-32)28(33)21(2)29(34)31-25(19-36-30(31)35)22-12-6-5-7-13-22/h5-7,10-14,17-18,21,25,32H,3-4,8-9,15-16,19H2,1-2H3/t21-,25+/m1/s1. The number of ether oxygens (including phenoxy) is 1. The Balaban J connectivity index is 1.57. The minimum absolute atomic E-state index is 0.0498. The summed E-state index contributed by atoms with van der Waals surface area (Å²) >= 11 is 0. The van der Waals surface area contributed by atoms with Crippen LogP contribution in [0.15, 0.2) is 65.1 Å². The maximum Gasteiger partial charge on any atom is 0.417 e. The number of hydrogen-bond acceptors (Lipinski definition) is 6. The fourth-order valence-electron chi connectivity index (χ4n) is 4.66. The SMILES string of the molecule is Cc1cccc(-c2cc(C(=O)[C@@H](C)C(=O)N3C(=O)OC[C@H]3c3ccccc3)oc2CCCCCCO)c1. The summed E-state index contributed by atoms with van der Waals surface area (Å²) < 4.78 is 11.2. The van der Waals surface area contributed by atoms with E-state index in [1.807, 2.05) is 61.5 Å². The van der Waals surface area contributed by atoms with Crippen molar-refractivity contribution in [1.82, 2.24) is 4.90 Å². The van der Waals surface area contributed by atoms with Crippen molar-refractivity contribution >= 4 is 17.8 Å². The van der Waals surface area contributed by atoms with Crippen molar-refractivity contribution in [1.29, 1.82) is 0 Å². The predicted octanol–water partition coefficient (Wildman–Crippen LogP) is 5.89. The van der Waals surface area contributed by atoms with Crippen molar-refractivity contribution in [3.63, 3.8) is 0 Å². The molecule has 4 rings (SSSR count). The molecule has 0 aliphatic carbocycles. The Kier molecular flexibility index (Phi) is 8.56. The number of aliphatic hydroxyl groups excluding tert-OH is 1. The van der Waals surface area contributed by atoms with Crippen LogP contribution in [0, 0.1) is 12.8 Å². The predicted molar refractivity (Wildman–Crippen MR) is 139 cm³/mol. The molecule has 1 fully saturated rings. The maximum absolute atomic E-state index is 13.5. The summed E-state index contributed by atoms with van der Waals surface area (Å²) in [6.45, 7) is 3.73.